The van der Waals surface area contributed by atoms with Crippen molar-refractivity contribution in [2.24, 2.45) is 5.92 Å². The van der Waals surface area contributed by atoms with E-state index in [0.717, 1.165) is 23.3 Å². The monoisotopic (exact) mass is 421 g/mol. The van der Waals surface area contributed by atoms with E-state index in [2.05, 4.69) is 5.32 Å². The number of carbonyl (C=O) groups is 1. The maximum Gasteiger partial charge on any atom is 0.416 e. The van der Waals surface area contributed by atoms with Crippen molar-refractivity contribution < 1.29 is 22.9 Å². The highest BCUT2D eigenvalue weighted by Crippen LogP contribution is 2.37. The number of alkyl halides is 3. The Bertz CT molecular complexity index is 939. The highest BCUT2D eigenvalue weighted by Gasteiger charge is 2.34. The second-order valence-electron chi connectivity index (χ2n) is 7.36. The molecule has 0 unspecified atom stereocenters. The molecule has 1 heterocycles. The number of nitro benzene ring substituents is 1. The number of hydrogen-bond donors (Lipinski definition) is 1. The number of carbonyl (C=O) groups excluding carboxylic acids is 1. The number of piperidine rings is 1. The molecule has 9 heteroatoms. The predicted molar refractivity (Wildman–Crippen MR) is 106 cm³/mol. The number of halogens is 3. The lowest BCUT2D eigenvalue weighted by atomic mass is 9.95. The normalized spacial score (nSPS) is 15.1. The van der Waals surface area contributed by atoms with Crippen molar-refractivity contribution in [1.29, 1.82) is 0 Å². The van der Waals surface area contributed by atoms with Gasteiger partial charge in [-0.05, 0) is 43.0 Å². The average molecular weight is 421 g/mol. The lowest BCUT2D eigenvalue weighted by Gasteiger charge is -2.32. The smallest absolute Gasteiger partial charge is 0.366 e. The summed E-state index contributed by atoms with van der Waals surface area (Å²) in [5.74, 6) is -0.321. The van der Waals surface area contributed by atoms with Gasteiger partial charge in [-0.3, -0.25) is 14.9 Å². The summed E-state index contributed by atoms with van der Waals surface area (Å²) in [6.45, 7) is 3.11. The van der Waals surface area contributed by atoms with Crippen molar-refractivity contribution in [3.63, 3.8) is 0 Å². The van der Waals surface area contributed by atoms with Crippen LogP contribution in [0.25, 0.3) is 0 Å². The lowest BCUT2D eigenvalue weighted by Crippen LogP contribution is -2.40. The molecule has 2 aromatic carbocycles. The number of nitrogens with one attached hydrogen (secondary N) is 1. The lowest BCUT2D eigenvalue weighted by molar-refractivity contribution is -0.384. The first kappa shape index (κ1) is 21.6. The summed E-state index contributed by atoms with van der Waals surface area (Å²) in [4.78, 5) is 24.7. The second kappa shape index (κ2) is 8.73. The summed E-state index contributed by atoms with van der Waals surface area (Å²) >= 11 is 0. The van der Waals surface area contributed by atoms with E-state index in [4.69, 9.17) is 0 Å². The number of nitro groups is 1. The van der Waals surface area contributed by atoms with Crippen LogP contribution in [-0.2, 0) is 17.5 Å². The van der Waals surface area contributed by atoms with E-state index in [9.17, 15) is 28.1 Å². The number of anilines is 1. The van der Waals surface area contributed by atoms with Crippen LogP contribution in [0.4, 0.5) is 24.5 Å². The number of amides is 1. The molecule has 0 atom stereocenters. The average Bonchev–Trinajstić information content (AvgIpc) is 2.72. The molecule has 0 aromatic heterocycles. The fourth-order valence-corrected chi connectivity index (χ4v) is 3.63. The van der Waals surface area contributed by atoms with Gasteiger partial charge in [0.25, 0.3) is 5.69 Å². The largest absolute Gasteiger partial charge is 0.416 e. The minimum absolute atomic E-state index is 0.0835. The number of nitrogens with zero attached hydrogens (tertiary/aromatic N) is 2. The molecule has 0 aliphatic carbocycles. The molecule has 0 saturated carbocycles. The van der Waals surface area contributed by atoms with Crippen LogP contribution in [0.15, 0.2) is 42.5 Å². The third-order valence-corrected chi connectivity index (χ3v) is 5.42. The molecule has 6 nitrogen and oxygen atoms in total. The summed E-state index contributed by atoms with van der Waals surface area (Å²) in [7, 11) is 0. The fourth-order valence-electron chi connectivity index (χ4n) is 3.63. The Labute approximate surface area is 171 Å². The molecule has 2 aromatic rings. The Kier molecular flexibility index (Phi) is 6.28. The Morgan fingerprint density at radius 2 is 1.87 bits per heavy atom. The molecule has 1 aliphatic rings. The zero-order valence-electron chi connectivity index (χ0n) is 16.4. The molecule has 0 spiro atoms. The molecule has 3 rings (SSSR count). The Morgan fingerprint density at radius 1 is 1.20 bits per heavy atom. The van der Waals surface area contributed by atoms with Gasteiger partial charge in [-0.25, -0.2) is 0 Å². The molecule has 1 aliphatic heterocycles. The molecular weight excluding hydrogens is 399 g/mol. The Hall–Kier alpha value is -3.10. The third kappa shape index (κ3) is 4.90. The zero-order valence-corrected chi connectivity index (χ0v) is 16.4. The quantitative estimate of drug-likeness (QED) is 0.572. The van der Waals surface area contributed by atoms with Crippen LogP contribution in [0.1, 0.15) is 29.5 Å². The summed E-state index contributed by atoms with van der Waals surface area (Å²) in [5.41, 5.74) is 0.633. The second-order valence-corrected chi connectivity index (χ2v) is 7.36. The minimum atomic E-state index is -4.65. The SMILES string of the molecule is Cc1ccccc1CNC(=O)C1CCN(c2ccc(C(F)(F)F)cc2[N+](=O)[O-])CC1. The van der Waals surface area contributed by atoms with Crippen LogP contribution < -0.4 is 10.2 Å². The van der Waals surface area contributed by atoms with Crippen LogP contribution in [-0.4, -0.2) is 23.9 Å². The van der Waals surface area contributed by atoms with Gasteiger partial charge in [0.15, 0.2) is 0 Å². The van der Waals surface area contributed by atoms with Gasteiger partial charge in [0, 0.05) is 31.6 Å². The fraction of sp³-hybridized carbons (Fsp3) is 0.381. The van der Waals surface area contributed by atoms with Crippen LogP contribution >= 0.6 is 0 Å². The molecular formula is C21H22F3N3O3. The number of aryl methyl sites for hydroxylation is 1. The summed E-state index contributed by atoms with van der Waals surface area (Å²) < 4.78 is 38.7. The summed E-state index contributed by atoms with van der Waals surface area (Å²) in [6.07, 6.45) is -3.71. The first-order valence-electron chi connectivity index (χ1n) is 9.59. The van der Waals surface area contributed by atoms with E-state index >= 15 is 0 Å². The van der Waals surface area contributed by atoms with Crippen molar-refractivity contribution in [3.05, 3.63) is 69.3 Å². The van der Waals surface area contributed by atoms with Crippen LogP contribution in [0.2, 0.25) is 0 Å². The van der Waals surface area contributed by atoms with Gasteiger partial charge in [0.2, 0.25) is 5.91 Å². The maximum atomic E-state index is 12.9. The molecule has 30 heavy (non-hydrogen) atoms. The van der Waals surface area contributed by atoms with E-state index in [1.807, 2.05) is 31.2 Å². The van der Waals surface area contributed by atoms with Gasteiger partial charge in [0.05, 0.1) is 10.5 Å². The van der Waals surface area contributed by atoms with Crippen molar-refractivity contribution in [1.82, 2.24) is 5.32 Å². The molecule has 0 radical (unpaired) electrons. The van der Waals surface area contributed by atoms with E-state index in [1.165, 1.54) is 0 Å². The first-order chi connectivity index (χ1) is 14.2. The zero-order chi connectivity index (χ0) is 21.9. The summed E-state index contributed by atoms with van der Waals surface area (Å²) in [6, 6.07) is 10.3. The highest BCUT2D eigenvalue weighted by atomic mass is 19.4. The number of benzene rings is 2. The van der Waals surface area contributed by atoms with Gasteiger partial charge in [-0.2, -0.15) is 13.2 Å². The van der Waals surface area contributed by atoms with Crippen molar-refractivity contribution in [3.8, 4) is 0 Å². The van der Waals surface area contributed by atoms with E-state index in [1.54, 1.807) is 4.90 Å². The molecule has 1 amide bonds. The van der Waals surface area contributed by atoms with E-state index in [0.29, 0.717) is 38.5 Å². The third-order valence-electron chi connectivity index (χ3n) is 5.42. The van der Waals surface area contributed by atoms with Gasteiger partial charge in [-0.1, -0.05) is 24.3 Å². The van der Waals surface area contributed by atoms with Gasteiger partial charge >= 0.3 is 6.18 Å². The number of rotatable bonds is 5. The van der Waals surface area contributed by atoms with Gasteiger partial charge < -0.3 is 10.2 Å². The molecule has 0 bridgehead atoms. The topological polar surface area (TPSA) is 75.5 Å². The van der Waals surface area contributed by atoms with Crippen LogP contribution in [0.5, 0.6) is 0 Å². The van der Waals surface area contributed by atoms with Crippen molar-refractivity contribution >= 4 is 17.3 Å². The van der Waals surface area contributed by atoms with Gasteiger partial charge in [-0.15, -0.1) is 0 Å². The molecule has 1 N–H and O–H groups in total. The van der Waals surface area contributed by atoms with Crippen LogP contribution in [0, 0.1) is 23.0 Å². The van der Waals surface area contributed by atoms with Crippen LogP contribution in [0.3, 0.4) is 0 Å². The number of hydrogen-bond acceptors (Lipinski definition) is 4. The van der Waals surface area contributed by atoms with Crippen molar-refractivity contribution in [2.45, 2.75) is 32.5 Å². The van der Waals surface area contributed by atoms with E-state index < -0.39 is 22.4 Å². The molecule has 1 fully saturated rings. The molecule has 160 valence electrons. The first-order valence-corrected chi connectivity index (χ1v) is 9.59. The Morgan fingerprint density at radius 3 is 2.47 bits per heavy atom. The van der Waals surface area contributed by atoms with E-state index in [-0.39, 0.29) is 17.5 Å². The minimum Gasteiger partial charge on any atom is -0.366 e. The predicted octanol–water partition coefficient (Wildman–Crippen LogP) is 4.45. The highest BCUT2D eigenvalue weighted by molar-refractivity contribution is 5.79. The van der Waals surface area contributed by atoms with Crippen molar-refractivity contribution in [2.75, 3.05) is 18.0 Å². The van der Waals surface area contributed by atoms with Gasteiger partial charge in [0.1, 0.15) is 5.69 Å². The molecule has 1 saturated heterocycles. The summed E-state index contributed by atoms with van der Waals surface area (Å²) in [5, 5.41) is 14.2. The maximum absolute atomic E-state index is 12.9. The Balaban J connectivity index is 1.63. The standard InChI is InChI=1S/C21H22F3N3O3/c1-14-4-2-3-5-16(14)13-25-20(28)15-8-10-26(11-9-15)18-7-6-17(21(22,23)24)12-19(18)27(29)30/h2-7,12,15H,8-11,13H2,1H3,(H,25,28).